The van der Waals surface area contributed by atoms with Crippen LogP contribution in [0.1, 0.15) is 42.8 Å². The van der Waals surface area contributed by atoms with E-state index in [0.717, 1.165) is 37.1 Å². The number of nitrogens with zero attached hydrogens (tertiary/aromatic N) is 6. The Balaban J connectivity index is 1.53. The first-order valence-corrected chi connectivity index (χ1v) is 9.64. The van der Waals surface area contributed by atoms with E-state index in [4.69, 9.17) is 10.2 Å². The van der Waals surface area contributed by atoms with E-state index in [0.29, 0.717) is 34.9 Å². The third-order valence-electron chi connectivity index (χ3n) is 5.38. The summed E-state index contributed by atoms with van der Waals surface area (Å²) < 4.78 is 7.32. The molecule has 1 saturated carbocycles. The molecule has 0 atom stereocenters. The lowest BCUT2D eigenvalue weighted by molar-refractivity contribution is 0.0397. The normalized spacial score (nSPS) is 15.9. The van der Waals surface area contributed by atoms with Gasteiger partial charge < -0.3 is 15.3 Å². The molecule has 0 unspecified atom stereocenters. The average molecular weight is 391 g/mol. The molecule has 29 heavy (non-hydrogen) atoms. The monoisotopic (exact) mass is 391 g/mol. The number of aromatic nitrogens is 6. The fourth-order valence-corrected chi connectivity index (χ4v) is 3.91. The van der Waals surface area contributed by atoms with Gasteiger partial charge in [-0.05, 0) is 44.0 Å². The lowest BCUT2D eigenvalue weighted by Crippen LogP contribution is -2.23. The van der Waals surface area contributed by atoms with Crippen molar-refractivity contribution in [2.75, 3.05) is 5.73 Å². The van der Waals surface area contributed by atoms with Crippen LogP contribution in [-0.4, -0.2) is 35.1 Å². The molecule has 3 N–H and O–H groups in total. The van der Waals surface area contributed by atoms with Crippen LogP contribution < -0.4 is 5.73 Å². The van der Waals surface area contributed by atoms with Gasteiger partial charge in [0.15, 0.2) is 16.9 Å². The first-order chi connectivity index (χ1) is 14.0. The second-order valence-electron chi connectivity index (χ2n) is 7.51. The zero-order valence-corrected chi connectivity index (χ0v) is 16.0. The number of pyridine rings is 1. The smallest absolute Gasteiger partial charge is 0.222 e. The molecular formula is C20H21N7O2. The summed E-state index contributed by atoms with van der Waals surface area (Å²) in [7, 11) is 0. The second kappa shape index (κ2) is 6.63. The van der Waals surface area contributed by atoms with Crippen molar-refractivity contribution in [2.24, 2.45) is 0 Å². The Hall–Kier alpha value is -3.33. The molecule has 0 saturated heterocycles. The van der Waals surface area contributed by atoms with Gasteiger partial charge >= 0.3 is 0 Å². The standard InChI is InChI=1S/C20H21N7O2/c1-12-7-8-14(29-12)16-17-18(24-19(21)23-16)27(26-25-17)11-13-5-4-6-15(22-13)20(28)9-2-3-10-20/h4-8,28H,2-3,9-11H2,1H3,(H2,21,23,24). The number of aryl methyl sites for hydroxylation is 1. The van der Waals surface area contributed by atoms with Crippen LogP contribution in [0.25, 0.3) is 22.6 Å². The number of nitrogen functional groups attached to an aromatic ring is 1. The molecule has 1 aliphatic carbocycles. The molecular weight excluding hydrogens is 370 g/mol. The molecule has 0 amide bonds. The third kappa shape index (κ3) is 3.13. The third-order valence-corrected chi connectivity index (χ3v) is 5.38. The van der Waals surface area contributed by atoms with E-state index in [1.54, 1.807) is 4.68 Å². The largest absolute Gasteiger partial charge is 0.460 e. The maximum atomic E-state index is 10.8. The number of hydrogen-bond donors (Lipinski definition) is 2. The predicted molar refractivity (Wildman–Crippen MR) is 106 cm³/mol. The summed E-state index contributed by atoms with van der Waals surface area (Å²) in [5.74, 6) is 1.45. The van der Waals surface area contributed by atoms with Crippen LogP contribution in [0.4, 0.5) is 5.95 Å². The number of fused-ring (bicyclic) bond motifs is 1. The van der Waals surface area contributed by atoms with Gasteiger partial charge in [-0.25, -0.2) is 9.67 Å². The van der Waals surface area contributed by atoms with Crippen LogP contribution in [0.15, 0.2) is 34.7 Å². The molecule has 5 rings (SSSR count). The highest BCUT2D eigenvalue weighted by Gasteiger charge is 2.34. The van der Waals surface area contributed by atoms with Gasteiger partial charge in [0.05, 0.1) is 17.9 Å². The fraction of sp³-hybridized carbons (Fsp3) is 0.350. The van der Waals surface area contributed by atoms with Crippen LogP contribution in [-0.2, 0) is 12.1 Å². The SMILES string of the molecule is Cc1ccc(-c2nc(N)nc3c2nnn3Cc2cccc(C3(O)CCCC3)n2)o1. The van der Waals surface area contributed by atoms with E-state index in [1.165, 1.54) is 0 Å². The van der Waals surface area contributed by atoms with Crippen LogP contribution in [0.3, 0.4) is 0 Å². The summed E-state index contributed by atoms with van der Waals surface area (Å²) in [6.45, 7) is 2.21. The predicted octanol–water partition coefficient (Wildman–Crippen LogP) is 2.58. The minimum Gasteiger partial charge on any atom is -0.460 e. The van der Waals surface area contributed by atoms with E-state index in [2.05, 4.69) is 25.3 Å². The molecule has 1 aliphatic rings. The maximum Gasteiger partial charge on any atom is 0.222 e. The molecule has 9 nitrogen and oxygen atoms in total. The first kappa shape index (κ1) is 17.7. The molecule has 148 valence electrons. The number of furan rings is 1. The minimum absolute atomic E-state index is 0.118. The van der Waals surface area contributed by atoms with Crippen molar-refractivity contribution < 1.29 is 9.52 Å². The number of nitrogens with two attached hydrogens (primary N) is 1. The Kier molecular flexibility index (Phi) is 4.06. The highest BCUT2D eigenvalue weighted by atomic mass is 16.3. The van der Waals surface area contributed by atoms with Crippen molar-refractivity contribution >= 4 is 17.1 Å². The summed E-state index contributed by atoms with van der Waals surface area (Å²) in [5.41, 5.74) is 8.10. The molecule has 0 aliphatic heterocycles. The van der Waals surface area contributed by atoms with Gasteiger partial charge in [0.2, 0.25) is 5.95 Å². The topological polar surface area (TPSA) is 129 Å². The molecule has 4 aromatic heterocycles. The van der Waals surface area contributed by atoms with Gasteiger partial charge in [-0.3, -0.25) is 4.98 Å². The Morgan fingerprint density at radius 3 is 2.72 bits per heavy atom. The number of anilines is 1. The van der Waals surface area contributed by atoms with Crippen LogP contribution >= 0.6 is 0 Å². The van der Waals surface area contributed by atoms with Crippen molar-refractivity contribution in [3.05, 3.63) is 47.5 Å². The average Bonchev–Trinajstić information content (AvgIpc) is 3.43. The van der Waals surface area contributed by atoms with E-state index < -0.39 is 5.60 Å². The summed E-state index contributed by atoms with van der Waals surface area (Å²) in [4.78, 5) is 13.3. The van der Waals surface area contributed by atoms with Gasteiger partial charge in [-0.15, -0.1) is 5.10 Å². The first-order valence-electron chi connectivity index (χ1n) is 9.64. The van der Waals surface area contributed by atoms with Gasteiger partial charge in [0.25, 0.3) is 0 Å². The molecule has 9 heteroatoms. The second-order valence-corrected chi connectivity index (χ2v) is 7.51. The lowest BCUT2D eigenvalue weighted by Gasteiger charge is -2.21. The fourth-order valence-electron chi connectivity index (χ4n) is 3.91. The van der Waals surface area contributed by atoms with Gasteiger partial charge in [-0.1, -0.05) is 24.1 Å². The quantitative estimate of drug-likeness (QED) is 0.543. The number of rotatable bonds is 4. The molecule has 0 aromatic carbocycles. The lowest BCUT2D eigenvalue weighted by atomic mass is 9.97. The minimum atomic E-state index is -0.836. The van der Waals surface area contributed by atoms with E-state index in [1.807, 2.05) is 37.3 Å². The maximum absolute atomic E-state index is 10.8. The van der Waals surface area contributed by atoms with Crippen molar-refractivity contribution in [1.29, 1.82) is 0 Å². The summed E-state index contributed by atoms with van der Waals surface area (Å²) in [6.07, 6.45) is 3.51. The Morgan fingerprint density at radius 1 is 1.14 bits per heavy atom. The summed E-state index contributed by atoms with van der Waals surface area (Å²) >= 11 is 0. The Labute approximate surface area is 166 Å². The van der Waals surface area contributed by atoms with Gasteiger partial charge in [0, 0.05) is 0 Å². The van der Waals surface area contributed by atoms with Crippen LogP contribution in [0, 0.1) is 6.92 Å². The van der Waals surface area contributed by atoms with Gasteiger partial charge in [0.1, 0.15) is 17.1 Å². The van der Waals surface area contributed by atoms with Crippen LogP contribution in [0.5, 0.6) is 0 Å². The van der Waals surface area contributed by atoms with Crippen molar-refractivity contribution in [1.82, 2.24) is 29.9 Å². The molecule has 0 bridgehead atoms. The number of aliphatic hydroxyl groups is 1. The number of hydrogen-bond acceptors (Lipinski definition) is 8. The Bertz CT molecular complexity index is 1190. The highest BCUT2D eigenvalue weighted by Crippen LogP contribution is 2.37. The van der Waals surface area contributed by atoms with Crippen molar-refractivity contribution in [3.8, 4) is 11.5 Å². The highest BCUT2D eigenvalue weighted by molar-refractivity contribution is 5.86. The van der Waals surface area contributed by atoms with Crippen molar-refractivity contribution in [2.45, 2.75) is 44.8 Å². The summed E-state index contributed by atoms with van der Waals surface area (Å²) in [6, 6.07) is 9.37. The van der Waals surface area contributed by atoms with Gasteiger partial charge in [-0.2, -0.15) is 4.98 Å². The molecule has 1 fully saturated rings. The van der Waals surface area contributed by atoms with E-state index in [9.17, 15) is 5.11 Å². The molecule has 0 spiro atoms. The van der Waals surface area contributed by atoms with E-state index in [-0.39, 0.29) is 5.95 Å². The van der Waals surface area contributed by atoms with Crippen molar-refractivity contribution in [3.63, 3.8) is 0 Å². The molecule has 4 heterocycles. The zero-order chi connectivity index (χ0) is 20.0. The Morgan fingerprint density at radius 2 is 1.97 bits per heavy atom. The molecule has 4 aromatic rings. The van der Waals surface area contributed by atoms with Crippen LogP contribution in [0.2, 0.25) is 0 Å². The van der Waals surface area contributed by atoms with E-state index >= 15 is 0 Å². The zero-order valence-electron chi connectivity index (χ0n) is 16.0. The molecule has 0 radical (unpaired) electrons. The summed E-state index contributed by atoms with van der Waals surface area (Å²) in [5, 5.41) is 19.3.